The molecule has 1 aromatic heterocycles. The van der Waals surface area contributed by atoms with E-state index in [1.54, 1.807) is 0 Å². The number of morpholine rings is 1. The van der Waals surface area contributed by atoms with Crippen LogP contribution >= 0.6 is 11.3 Å². The lowest BCUT2D eigenvalue weighted by Gasteiger charge is -2.21. The number of rotatable bonds is 2. The highest BCUT2D eigenvalue weighted by atomic mass is 32.1. The summed E-state index contributed by atoms with van der Waals surface area (Å²) in [6.45, 7) is 8.07. The number of thiazole rings is 1. The molecule has 100 valence electrons. The van der Waals surface area contributed by atoms with Crippen LogP contribution in [0.4, 0.5) is 0 Å². The molecule has 0 aromatic carbocycles. The normalized spacial score (nSPS) is 20.9. The molecule has 18 heavy (non-hydrogen) atoms. The van der Waals surface area contributed by atoms with E-state index in [1.807, 2.05) is 20.8 Å². The molecule has 6 heteroatoms. The topological polar surface area (TPSA) is 71.5 Å². The van der Waals surface area contributed by atoms with Crippen LogP contribution in [-0.2, 0) is 10.2 Å². The largest absolute Gasteiger partial charge is 0.477 e. The molecule has 5 nitrogen and oxygen atoms in total. The van der Waals surface area contributed by atoms with Gasteiger partial charge in [-0.15, -0.1) is 11.3 Å². The van der Waals surface area contributed by atoms with Crippen LogP contribution in [0.2, 0.25) is 0 Å². The molecule has 1 unspecified atom stereocenters. The highest BCUT2D eigenvalue weighted by Gasteiger charge is 2.30. The van der Waals surface area contributed by atoms with E-state index in [9.17, 15) is 9.90 Å². The van der Waals surface area contributed by atoms with E-state index in [0.717, 1.165) is 11.6 Å². The molecule has 1 atom stereocenters. The number of nitrogens with zero attached hydrogens (tertiary/aromatic N) is 1. The van der Waals surface area contributed by atoms with Crippen molar-refractivity contribution in [2.75, 3.05) is 19.7 Å². The van der Waals surface area contributed by atoms with Crippen molar-refractivity contribution in [1.82, 2.24) is 10.3 Å². The molecule has 1 fully saturated rings. The Labute approximate surface area is 110 Å². The lowest BCUT2D eigenvalue weighted by molar-refractivity contribution is 0.0274. The molecule has 1 aromatic rings. The number of ether oxygens (including phenoxy) is 1. The van der Waals surface area contributed by atoms with Gasteiger partial charge in [0.05, 0.1) is 12.3 Å². The van der Waals surface area contributed by atoms with Crippen LogP contribution in [0, 0.1) is 0 Å². The molecule has 0 aliphatic carbocycles. The summed E-state index contributed by atoms with van der Waals surface area (Å²) >= 11 is 1.23. The molecule has 1 aliphatic heterocycles. The fourth-order valence-corrected chi connectivity index (χ4v) is 3.02. The van der Waals surface area contributed by atoms with Gasteiger partial charge >= 0.3 is 5.97 Å². The van der Waals surface area contributed by atoms with E-state index in [4.69, 9.17) is 4.74 Å². The van der Waals surface area contributed by atoms with Crippen molar-refractivity contribution in [3.8, 4) is 0 Å². The maximum atomic E-state index is 11.3. The van der Waals surface area contributed by atoms with E-state index in [2.05, 4.69) is 10.3 Å². The third kappa shape index (κ3) is 2.71. The van der Waals surface area contributed by atoms with Gasteiger partial charge in [0.2, 0.25) is 0 Å². The van der Waals surface area contributed by atoms with Gasteiger partial charge in [0, 0.05) is 18.5 Å². The molecule has 1 saturated heterocycles. The second kappa shape index (κ2) is 4.95. The quantitative estimate of drug-likeness (QED) is 0.857. The number of aromatic carboxylic acids is 1. The third-order valence-corrected chi connectivity index (χ3v) is 3.89. The van der Waals surface area contributed by atoms with Crippen molar-refractivity contribution in [1.29, 1.82) is 0 Å². The molecule has 2 N–H and O–H groups in total. The lowest BCUT2D eigenvalue weighted by Crippen LogP contribution is -2.33. The molecule has 0 saturated carbocycles. The van der Waals surface area contributed by atoms with Crippen LogP contribution in [0.25, 0.3) is 0 Å². The fourth-order valence-electron chi connectivity index (χ4n) is 1.85. The Balaban J connectivity index is 2.35. The van der Waals surface area contributed by atoms with Crippen LogP contribution in [0.3, 0.4) is 0 Å². The number of carboxylic acid groups (broad SMARTS) is 1. The molecule has 0 amide bonds. The Bertz CT molecular complexity index is 445. The van der Waals surface area contributed by atoms with Crippen molar-refractivity contribution in [3.05, 3.63) is 15.6 Å². The second-order valence-corrected chi connectivity index (χ2v) is 6.38. The standard InChI is InChI=1S/C12H18N2O3S/c1-12(2,3)9-8(11(15)16)18-10(14-9)7-6-13-4-5-17-7/h7,13H,4-6H2,1-3H3,(H,15,16). The first-order chi connectivity index (χ1) is 8.39. The minimum absolute atomic E-state index is 0.127. The number of carbonyl (C=O) groups is 1. The molecular formula is C12H18N2O3S. The van der Waals surface area contributed by atoms with Crippen molar-refractivity contribution >= 4 is 17.3 Å². The van der Waals surface area contributed by atoms with Crippen molar-refractivity contribution in [3.63, 3.8) is 0 Å². The Hall–Kier alpha value is -0.980. The average Bonchev–Trinajstić information content (AvgIpc) is 2.74. The predicted molar refractivity (Wildman–Crippen MR) is 69.3 cm³/mol. The van der Waals surface area contributed by atoms with Gasteiger partial charge < -0.3 is 15.2 Å². The summed E-state index contributed by atoms with van der Waals surface area (Å²) in [7, 11) is 0. The van der Waals surface area contributed by atoms with Gasteiger partial charge in [-0.3, -0.25) is 0 Å². The molecular weight excluding hydrogens is 252 g/mol. The fraction of sp³-hybridized carbons (Fsp3) is 0.667. The second-order valence-electron chi connectivity index (χ2n) is 5.35. The first-order valence-corrected chi connectivity index (χ1v) is 6.78. The highest BCUT2D eigenvalue weighted by molar-refractivity contribution is 7.13. The molecule has 2 heterocycles. The van der Waals surface area contributed by atoms with Gasteiger partial charge in [0.1, 0.15) is 16.0 Å². The summed E-state index contributed by atoms with van der Waals surface area (Å²) < 4.78 is 5.62. The molecule has 1 aliphatic rings. The first-order valence-electron chi connectivity index (χ1n) is 5.96. The van der Waals surface area contributed by atoms with Gasteiger partial charge in [-0.1, -0.05) is 20.8 Å². The van der Waals surface area contributed by atoms with E-state index in [0.29, 0.717) is 23.7 Å². The Morgan fingerprint density at radius 1 is 1.56 bits per heavy atom. The SMILES string of the molecule is CC(C)(C)c1nc(C2CNCCO2)sc1C(=O)O. The van der Waals surface area contributed by atoms with E-state index in [-0.39, 0.29) is 11.5 Å². The van der Waals surface area contributed by atoms with Crippen molar-refractivity contribution in [2.24, 2.45) is 0 Å². The third-order valence-electron chi connectivity index (χ3n) is 2.75. The highest BCUT2D eigenvalue weighted by Crippen LogP contribution is 2.33. The smallest absolute Gasteiger partial charge is 0.347 e. The Kier molecular flexibility index (Phi) is 3.70. The van der Waals surface area contributed by atoms with Gasteiger partial charge in [0.15, 0.2) is 0 Å². The summed E-state index contributed by atoms with van der Waals surface area (Å²) in [6.07, 6.45) is -0.127. The monoisotopic (exact) mass is 270 g/mol. The van der Waals surface area contributed by atoms with E-state index < -0.39 is 5.97 Å². The van der Waals surface area contributed by atoms with Gasteiger partial charge in [0.25, 0.3) is 0 Å². The van der Waals surface area contributed by atoms with Crippen molar-refractivity contribution in [2.45, 2.75) is 32.3 Å². The number of hydrogen-bond donors (Lipinski definition) is 2. The maximum absolute atomic E-state index is 11.3. The van der Waals surface area contributed by atoms with Crippen molar-refractivity contribution < 1.29 is 14.6 Å². The Morgan fingerprint density at radius 3 is 2.72 bits per heavy atom. The molecule has 0 bridgehead atoms. The minimum Gasteiger partial charge on any atom is -0.477 e. The molecule has 2 rings (SSSR count). The van der Waals surface area contributed by atoms with Gasteiger partial charge in [-0.05, 0) is 0 Å². The van der Waals surface area contributed by atoms with Gasteiger partial charge in [-0.25, -0.2) is 9.78 Å². The van der Waals surface area contributed by atoms with Gasteiger partial charge in [-0.2, -0.15) is 0 Å². The first kappa shape index (κ1) is 13.5. The van der Waals surface area contributed by atoms with Crippen LogP contribution in [-0.4, -0.2) is 35.8 Å². The lowest BCUT2D eigenvalue weighted by atomic mass is 9.91. The summed E-state index contributed by atoms with van der Waals surface area (Å²) in [5.74, 6) is -0.910. The molecule has 0 radical (unpaired) electrons. The average molecular weight is 270 g/mol. The zero-order valence-corrected chi connectivity index (χ0v) is 11.6. The summed E-state index contributed by atoms with van der Waals surface area (Å²) in [5, 5.41) is 13.2. The summed E-state index contributed by atoms with van der Waals surface area (Å²) in [6, 6.07) is 0. The maximum Gasteiger partial charge on any atom is 0.347 e. The summed E-state index contributed by atoms with van der Waals surface area (Å²) in [4.78, 5) is 16.1. The van der Waals surface area contributed by atoms with Crippen LogP contribution in [0.1, 0.15) is 47.2 Å². The minimum atomic E-state index is -0.910. The van der Waals surface area contributed by atoms with Crippen LogP contribution in [0.15, 0.2) is 0 Å². The van der Waals surface area contributed by atoms with E-state index in [1.165, 1.54) is 11.3 Å². The Morgan fingerprint density at radius 2 is 2.28 bits per heavy atom. The zero-order chi connectivity index (χ0) is 13.3. The number of nitrogens with one attached hydrogen (secondary N) is 1. The van der Waals surface area contributed by atoms with E-state index >= 15 is 0 Å². The van der Waals surface area contributed by atoms with Crippen LogP contribution in [0.5, 0.6) is 0 Å². The van der Waals surface area contributed by atoms with Crippen LogP contribution < -0.4 is 5.32 Å². The predicted octanol–water partition coefficient (Wildman–Crippen LogP) is 1.80. The summed E-state index contributed by atoms with van der Waals surface area (Å²) in [5.41, 5.74) is 0.370. The molecule has 0 spiro atoms. The number of hydrogen-bond acceptors (Lipinski definition) is 5. The number of carboxylic acids is 1. The zero-order valence-electron chi connectivity index (χ0n) is 10.8. The number of aromatic nitrogens is 1.